The summed E-state index contributed by atoms with van der Waals surface area (Å²) in [5.41, 5.74) is 0.102. The normalized spacial score (nSPS) is 25.1. The standard InChI is InChI=1S/C35H40ClN3O7/c1-3-5-12-28(41)45-22-26(23-10-7-6-8-11-23)37-32(42)29-27-17-18-35(46-27)30(29)33(43)39(20-9-21-40)31(35)34(44)38(19-4-2)25-15-13-24(36)14-16-25/h3-4,6-8,10-11,13-16,26-27,29-31,40H,1-2,5,9,12,17-22H2,(H,37,42)/t26-,27+,29-,30-,31+,35-/m0/s1. The van der Waals surface area contributed by atoms with E-state index in [2.05, 4.69) is 18.5 Å². The molecule has 3 saturated heterocycles. The Balaban J connectivity index is 1.44. The lowest BCUT2D eigenvalue weighted by Crippen LogP contribution is -2.56. The maximum absolute atomic E-state index is 14.5. The van der Waals surface area contributed by atoms with Crippen LogP contribution in [0.5, 0.6) is 0 Å². The van der Waals surface area contributed by atoms with Crippen LogP contribution in [0.15, 0.2) is 79.9 Å². The Morgan fingerprint density at radius 2 is 1.89 bits per heavy atom. The fraction of sp³-hybridized carbons (Fsp3) is 0.429. The first-order valence-electron chi connectivity index (χ1n) is 15.6. The molecule has 5 rings (SSSR count). The minimum atomic E-state index is -1.22. The van der Waals surface area contributed by atoms with Crippen LogP contribution in [-0.2, 0) is 28.7 Å². The number of rotatable bonds is 15. The molecule has 3 heterocycles. The van der Waals surface area contributed by atoms with Crippen LogP contribution in [-0.4, -0.2) is 77.7 Å². The van der Waals surface area contributed by atoms with Crippen LogP contribution in [0, 0.1) is 11.8 Å². The van der Waals surface area contributed by atoms with E-state index < -0.39 is 47.5 Å². The Morgan fingerprint density at radius 1 is 1.15 bits per heavy atom. The van der Waals surface area contributed by atoms with Gasteiger partial charge in [-0.1, -0.05) is 54.1 Å². The average molecular weight is 650 g/mol. The monoisotopic (exact) mass is 649 g/mol. The summed E-state index contributed by atoms with van der Waals surface area (Å²) in [7, 11) is 0. The van der Waals surface area contributed by atoms with Crippen molar-refractivity contribution in [3.05, 3.63) is 90.5 Å². The van der Waals surface area contributed by atoms with Crippen molar-refractivity contribution in [2.45, 2.75) is 55.9 Å². The van der Waals surface area contributed by atoms with Gasteiger partial charge < -0.3 is 29.7 Å². The number of benzene rings is 2. The number of nitrogens with one attached hydrogen (secondary N) is 1. The molecule has 3 aliphatic rings. The number of likely N-dealkylation sites (tertiary alicyclic amines) is 1. The third-order valence-electron chi connectivity index (χ3n) is 9.09. The summed E-state index contributed by atoms with van der Waals surface area (Å²) in [5, 5.41) is 13.2. The van der Waals surface area contributed by atoms with E-state index in [0.717, 1.165) is 5.56 Å². The molecule has 244 valence electrons. The first kappa shape index (κ1) is 33.4. The van der Waals surface area contributed by atoms with E-state index in [1.807, 2.05) is 30.3 Å². The second-order valence-electron chi connectivity index (χ2n) is 11.9. The van der Waals surface area contributed by atoms with Crippen molar-refractivity contribution in [1.29, 1.82) is 0 Å². The van der Waals surface area contributed by atoms with Crippen molar-refractivity contribution in [3.63, 3.8) is 0 Å². The molecule has 1 spiro atoms. The number of aliphatic hydroxyl groups is 1. The lowest BCUT2D eigenvalue weighted by atomic mass is 9.70. The second-order valence-corrected chi connectivity index (χ2v) is 12.3. The number of ether oxygens (including phenoxy) is 2. The number of amides is 3. The molecule has 3 amide bonds. The van der Waals surface area contributed by atoms with Crippen LogP contribution in [0.25, 0.3) is 0 Å². The number of esters is 1. The highest BCUT2D eigenvalue weighted by atomic mass is 35.5. The van der Waals surface area contributed by atoms with E-state index in [9.17, 15) is 24.3 Å². The number of carbonyl (C=O) groups excluding carboxylic acids is 4. The smallest absolute Gasteiger partial charge is 0.306 e. The topological polar surface area (TPSA) is 125 Å². The van der Waals surface area contributed by atoms with E-state index in [4.69, 9.17) is 21.1 Å². The highest BCUT2D eigenvalue weighted by Crippen LogP contribution is 2.58. The van der Waals surface area contributed by atoms with Crippen LogP contribution in [0.2, 0.25) is 5.02 Å². The van der Waals surface area contributed by atoms with Gasteiger partial charge in [-0.15, -0.1) is 13.2 Å². The SMILES string of the molecule is C=CCCC(=O)OC[C@H](NC(=O)[C@@H]1[C@H]2C(=O)N(CCCO)[C@H](C(=O)N(CC=C)c3ccc(Cl)cc3)[C@]23CC[C@H]1O3)c1ccccc1. The number of allylic oxidation sites excluding steroid dienone is 1. The third-order valence-corrected chi connectivity index (χ3v) is 9.34. The minimum absolute atomic E-state index is 0.0882. The van der Waals surface area contributed by atoms with Gasteiger partial charge in [0, 0.05) is 36.8 Å². The minimum Gasteiger partial charge on any atom is -0.463 e. The zero-order valence-electron chi connectivity index (χ0n) is 25.7. The molecule has 11 heteroatoms. The van der Waals surface area contributed by atoms with Gasteiger partial charge in [-0.25, -0.2) is 0 Å². The largest absolute Gasteiger partial charge is 0.463 e. The summed E-state index contributed by atoms with van der Waals surface area (Å²) in [6.45, 7) is 7.50. The third kappa shape index (κ3) is 6.47. The number of carbonyl (C=O) groups is 4. The van der Waals surface area contributed by atoms with Gasteiger partial charge in [0.25, 0.3) is 5.91 Å². The highest BCUT2D eigenvalue weighted by molar-refractivity contribution is 6.30. The van der Waals surface area contributed by atoms with Gasteiger partial charge in [-0.05, 0) is 55.5 Å². The van der Waals surface area contributed by atoms with Crippen molar-refractivity contribution in [3.8, 4) is 0 Å². The molecule has 0 saturated carbocycles. The van der Waals surface area contributed by atoms with Gasteiger partial charge in [0.1, 0.15) is 18.2 Å². The molecule has 3 aliphatic heterocycles. The zero-order chi connectivity index (χ0) is 32.8. The predicted octanol–water partition coefficient (Wildman–Crippen LogP) is 3.98. The molecule has 6 atom stereocenters. The molecule has 2 aromatic rings. The Kier molecular flexibility index (Phi) is 10.6. The Morgan fingerprint density at radius 3 is 2.57 bits per heavy atom. The maximum Gasteiger partial charge on any atom is 0.306 e. The summed E-state index contributed by atoms with van der Waals surface area (Å²) in [4.78, 5) is 58.2. The number of hydrogen-bond acceptors (Lipinski definition) is 7. The maximum atomic E-state index is 14.5. The van der Waals surface area contributed by atoms with Gasteiger partial charge in [0.05, 0.1) is 24.0 Å². The molecule has 0 radical (unpaired) electrons. The van der Waals surface area contributed by atoms with Crippen molar-refractivity contribution in [2.75, 3.05) is 31.2 Å². The Hall–Kier alpha value is -3.99. The lowest BCUT2D eigenvalue weighted by molar-refractivity contribution is -0.146. The number of aliphatic hydroxyl groups excluding tert-OH is 1. The summed E-state index contributed by atoms with van der Waals surface area (Å²) >= 11 is 6.11. The van der Waals surface area contributed by atoms with Crippen LogP contribution < -0.4 is 10.2 Å². The highest BCUT2D eigenvalue weighted by Gasteiger charge is 2.74. The van der Waals surface area contributed by atoms with Gasteiger partial charge in [-0.3, -0.25) is 19.2 Å². The Bertz CT molecular complexity index is 1450. The zero-order valence-corrected chi connectivity index (χ0v) is 26.4. The predicted molar refractivity (Wildman–Crippen MR) is 173 cm³/mol. The molecule has 0 aliphatic carbocycles. The van der Waals surface area contributed by atoms with Crippen molar-refractivity contribution in [2.24, 2.45) is 11.8 Å². The molecule has 3 fully saturated rings. The molecular formula is C35H40ClN3O7. The molecule has 0 aromatic heterocycles. The van der Waals surface area contributed by atoms with Gasteiger partial charge in [0.2, 0.25) is 11.8 Å². The van der Waals surface area contributed by atoms with Crippen molar-refractivity contribution < 1.29 is 33.8 Å². The molecule has 46 heavy (non-hydrogen) atoms. The molecule has 2 bridgehead atoms. The van der Waals surface area contributed by atoms with Gasteiger partial charge in [0.15, 0.2) is 0 Å². The molecule has 0 unspecified atom stereocenters. The quantitative estimate of drug-likeness (QED) is 0.221. The first-order valence-corrected chi connectivity index (χ1v) is 16.0. The number of fused-ring (bicyclic) bond motifs is 1. The molecule has 2 aromatic carbocycles. The number of hydrogen-bond donors (Lipinski definition) is 2. The average Bonchev–Trinajstić information content (AvgIpc) is 3.71. The fourth-order valence-electron chi connectivity index (χ4n) is 7.08. The number of anilines is 1. The van der Waals surface area contributed by atoms with E-state index in [1.165, 1.54) is 4.90 Å². The van der Waals surface area contributed by atoms with E-state index in [-0.39, 0.29) is 51.0 Å². The summed E-state index contributed by atoms with van der Waals surface area (Å²) in [5.74, 6) is -3.28. The van der Waals surface area contributed by atoms with E-state index in [1.54, 1.807) is 41.3 Å². The molecule has 2 N–H and O–H groups in total. The second kappa shape index (κ2) is 14.6. The van der Waals surface area contributed by atoms with Crippen LogP contribution >= 0.6 is 11.6 Å². The summed E-state index contributed by atoms with van der Waals surface area (Å²) < 4.78 is 12.1. The Labute approximate surface area is 274 Å². The van der Waals surface area contributed by atoms with Crippen molar-refractivity contribution in [1.82, 2.24) is 10.2 Å². The van der Waals surface area contributed by atoms with Crippen LogP contribution in [0.3, 0.4) is 0 Å². The van der Waals surface area contributed by atoms with Crippen LogP contribution in [0.4, 0.5) is 5.69 Å². The summed E-state index contributed by atoms with van der Waals surface area (Å²) in [6.07, 6.45) is 4.50. The van der Waals surface area contributed by atoms with Gasteiger partial charge in [-0.2, -0.15) is 0 Å². The summed E-state index contributed by atoms with van der Waals surface area (Å²) in [6, 6.07) is 14.3. The van der Waals surface area contributed by atoms with Crippen molar-refractivity contribution >= 4 is 41.0 Å². The number of halogens is 1. The van der Waals surface area contributed by atoms with E-state index >= 15 is 0 Å². The number of nitrogens with zero attached hydrogens (tertiary/aromatic N) is 2. The van der Waals surface area contributed by atoms with E-state index in [0.29, 0.717) is 30.0 Å². The molecular weight excluding hydrogens is 610 g/mol. The lowest BCUT2D eigenvalue weighted by Gasteiger charge is -2.36. The first-order chi connectivity index (χ1) is 22.2. The van der Waals surface area contributed by atoms with Gasteiger partial charge >= 0.3 is 5.97 Å². The molecule has 10 nitrogen and oxygen atoms in total. The fourth-order valence-corrected chi connectivity index (χ4v) is 7.20. The van der Waals surface area contributed by atoms with Crippen LogP contribution in [0.1, 0.15) is 43.7 Å².